The largest absolute Gasteiger partial charge is 0.491 e. The molecule has 0 fully saturated rings. The smallest absolute Gasteiger partial charge is 0.345 e. The third-order valence-corrected chi connectivity index (χ3v) is 4.27. The molecular formula is C15H13NO4S. The van der Waals surface area contributed by atoms with Gasteiger partial charge in [0.2, 0.25) is 5.91 Å². The van der Waals surface area contributed by atoms with Gasteiger partial charge in [0, 0.05) is 4.88 Å². The van der Waals surface area contributed by atoms with Crippen LogP contribution in [-0.4, -0.2) is 23.6 Å². The number of carbonyl (C=O) groups is 2. The van der Waals surface area contributed by atoms with Crippen molar-refractivity contribution in [1.29, 1.82) is 0 Å². The lowest BCUT2D eigenvalue weighted by atomic mass is 10.2. The van der Waals surface area contributed by atoms with Crippen LogP contribution in [0.4, 0.5) is 5.69 Å². The molecule has 0 saturated heterocycles. The highest BCUT2D eigenvalue weighted by Crippen LogP contribution is 2.33. The number of benzene rings is 1. The van der Waals surface area contributed by atoms with Gasteiger partial charge in [0.05, 0.1) is 25.3 Å². The highest BCUT2D eigenvalue weighted by molar-refractivity contribution is 7.13. The number of anilines is 1. The molecule has 0 saturated carbocycles. The van der Waals surface area contributed by atoms with E-state index in [4.69, 9.17) is 9.84 Å². The standard InChI is InChI=1S/C15H13NO4S/c17-14-7-8-20-12-4-2-1-3-11(12)16(14)9-10-5-6-13(21-10)15(18)19/h1-6H,7-9H2,(H,18,19). The van der Waals surface area contributed by atoms with Crippen LogP contribution in [0.1, 0.15) is 21.0 Å². The fourth-order valence-corrected chi connectivity index (χ4v) is 3.06. The van der Waals surface area contributed by atoms with E-state index in [-0.39, 0.29) is 10.8 Å². The quantitative estimate of drug-likeness (QED) is 0.946. The fraction of sp³-hybridized carbons (Fsp3) is 0.200. The highest BCUT2D eigenvalue weighted by atomic mass is 32.1. The predicted molar refractivity (Wildman–Crippen MR) is 79.0 cm³/mol. The summed E-state index contributed by atoms with van der Waals surface area (Å²) in [4.78, 5) is 25.9. The molecule has 1 aliphatic heterocycles. The van der Waals surface area contributed by atoms with Crippen LogP contribution in [0.2, 0.25) is 0 Å². The van der Waals surface area contributed by atoms with Crippen molar-refractivity contribution in [3.63, 3.8) is 0 Å². The number of carboxylic acids is 1. The first-order valence-electron chi connectivity index (χ1n) is 6.49. The van der Waals surface area contributed by atoms with Gasteiger partial charge >= 0.3 is 5.97 Å². The summed E-state index contributed by atoms with van der Waals surface area (Å²) < 4.78 is 5.58. The molecule has 1 aromatic carbocycles. The number of hydrogen-bond acceptors (Lipinski definition) is 4. The number of amides is 1. The Morgan fingerprint density at radius 3 is 2.86 bits per heavy atom. The van der Waals surface area contributed by atoms with E-state index < -0.39 is 5.97 Å². The highest BCUT2D eigenvalue weighted by Gasteiger charge is 2.23. The van der Waals surface area contributed by atoms with Crippen LogP contribution in [0, 0.1) is 0 Å². The summed E-state index contributed by atoms with van der Waals surface area (Å²) in [6.07, 6.45) is 0.311. The van der Waals surface area contributed by atoms with E-state index in [2.05, 4.69) is 0 Å². The Hall–Kier alpha value is -2.34. The van der Waals surface area contributed by atoms with Crippen LogP contribution in [0.25, 0.3) is 0 Å². The third kappa shape index (κ3) is 2.75. The van der Waals surface area contributed by atoms with Crippen LogP contribution < -0.4 is 9.64 Å². The lowest BCUT2D eigenvalue weighted by Gasteiger charge is -2.21. The summed E-state index contributed by atoms with van der Waals surface area (Å²) in [5, 5.41) is 8.97. The second-order valence-corrected chi connectivity index (χ2v) is 5.79. The summed E-state index contributed by atoms with van der Waals surface area (Å²) in [5.41, 5.74) is 0.727. The molecule has 21 heavy (non-hydrogen) atoms. The molecular weight excluding hydrogens is 290 g/mol. The van der Waals surface area contributed by atoms with Crippen LogP contribution in [0.15, 0.2) is 36.4 Å². The average Bonchev–Trinajstić information content (AvgIpc) is 2.88. The first-order valence-corrected chi connectivity index (χ1v) is 7.31. The van der Waals surface area contributed by atoms with Crippen molar-refractivity contribution in [3.05, 3.63) is 46.2 Å². The third-order valence-electron chi connectivity index (χ3n) is 3.22. The van der Waals surface area contributed by atoms with Gasteiger partial charge in [0.1, 0.15) is 10.6 Å². The minimum Gasteiger partial charge on any atom is -0.491 e. The van der Waals surface area contributed by atoms with Gasteiger partial charge in [-0.15, -0.1) is 11.3 Å². The maximum absolute atomic E-state index is 12.3. The van der Waals surface area contributed by atoms with E-state index in [9.17, 15) is 9.59 Å². The predicted octanol–water partition coefficient (Wildman–Crippen LogP) is 2.76. The Bertz CT molecular complexity index is 694. The molecule has 2 heterocycles. The van der Waals surface area contributed by atoms with Gasteiger partial charge in [-0.1, -0.05) is 12.1 Å². The first-order chi connectivity index (χ1) is 10.1. The maximum atomic E-state index is 12.3. The molecule has 1 aliphatic rings. The zero-order valence-corrected chi connectivity index (χ0v) is 11.9. The summed E-state index contributed by atoms with van der Waals surface area (Å²) in [7, 11) is 0. The second-order valence-electron chi connectivity index (χ2n) is 4.62. The number of para-hydroxylation sites is 2. The molecule has 0 radical (unpaired) electrons. The van der Waals surface area contributed by atoms with Gasteiger partial charge in [-0.2, -0.15) is 0 Å². The van der Waals surface area contributed by atoms with E-state index >= 15 is 0 Å². The molecule has 3 rings (SSSR count). The number of fused-ring (bicyclic) bond motifs is 1. The van der Waals surface area contributed by atoms with Crippen LogP contribution in [-0.2, 0) is 11.3 Å². The van der Waals surface area contributed by atoms with Gasteiger partial charge in [-0.05, 0) is 24.3 Å². The van der Waals surface area contributed by atoms with E-state index in [1.807, 2.05) is 24.3 Å². The molecule has 2 aromatic rings. The van der Waals surface area contributed by atoms with Crippen molar-refractivity contribution >= 4 is 28.9 Å². The Balaban J connectivity index is 1.91. The maximum Gasteiger partial charge on any atom is 0.345 e. The van der Waals surface area contributed by atoms with Crippen molar-refractivity contribution in [2.75, 3.05) is 11.5 Å². The summed E-state index contributed by atoms with van der Waals surface area (Å²) in [6.45, 7) is 0.717. The van der Waals surface area contributed by atoms with E-state index in [1.54, 1.807) is 17.0 Å². The van der Waals surface area contributed by atoms with Crippen LogP contribution in [0.3, 0.4) is 0 Å². The molecule has 1 aromatic heterocycles. The van der Waals surface area contributed by atoms with Gasteiger partial charge in [-0.25, -0.2) is 4.79 Å². The molecule has 6 heteroatoms. The molecule has 1 N–H and O–H groups in total. The van der Waals surface area contributed by atoms with Crippen molar-refractivity contribution in [2.24, 2.45) is 0 Å². The molecule has 108 valence electrons. The lowest BCUT2D eigenvalue weighted by molar-refractivity contribution is -0.118. The van der Waals surface area contributed by atoms with Crippen molar-refractivity contribution in [3.8, 4) is 5.75 Å². The van der Waals surface area contributed by atoms with Crippen molar-refractivity contribution in [1.82, 2.24) is 0 Å². The van der Waals surface area contributed by atoms with Crippen LogP contribution in [0.5, 0.6) is 5.75 Å². The molecule has 0 bridgehead atoms. The van der Waals surface area contributed by atoms with Gasteiger partial charge < -0.3 is 14.7 Å². The topological polar surface area (TPSA) is 66.8 Å². The molecule has 0 unspecified atom stereocenters. The number of hydrogen-bond donors (Lipinski definition) is 1. The summed E-state index contributed by atoms with van der Waals surface area (Å²) >= 11 is 1.18. The zero-order valence-electron chi connectivity index (χ0n) is 11.1. The van der Waals surface area contributed by atoms with E-state index in [1.165, 1.54) is 11.3 Å². The minimum absolute atomic E-state index is 0.0229. The molecule has 0 aliphatic carbocycles. The lowest BCUT2D eigenvalue weighted by Crippen LogP contribution is -2.29. The number of aromatic carboxylic acids is 1. The zero-order chi connectivity index (χ0) is 14.8. The van der Waals surface area contributed by atoms with Gasteiger partial charge in [0.25, 0.3) is 0 Å². The molecule has 0 atom stereocenters. The first kappa shape index (κ1) is 13.6. The number of nitrogens with zero attached hydrogens (tertiary/aromatic N) is 1. The van der Waals surface area contributed by atoms with E-state index in [0.717, 1.165) is 10.6 Å². The van der Waals surface area contributed by atoms with E-state index in [0.29, 0.717) is 25.3 Å². The Morgan fingerprint density at radius 1 is 1.29 bits per heavy atom. The number of carboxylic acid groups (broad SMARTS) is 1. The van der Waals surface area contributed by atoms with Crippen LogP contribution >= 0.6 is 11.3 Å². The number of carbonyl (C=O) groups excluding carboxylic acids is 1. The Labute approximate surface area is 125 Å². The SMILES string of the molecule is O=C(O)c1ccc(CN2C(=O)CCOc3ccccc32)s1. The fourth-order valence-electron chi connectivity index (χ4n) is 2.23. The number of rotatable bonds is 3. The van der Waals surface area contributed by atoms with Gasteiger partial charge in [0.15, 0.2) is 0 Å². The summed E-state index contributed by atoms with van der Waals surface area (Å²) in [6, 6.07) is 10.7. The second kappa shape index (κ2) is 5.57. The normalized spacial score (nSPS) is 14.3. The Morgan fingerprint density at radius 2 is 2.10 bits per heavy atom. The van der Waals surface area contributed by atoms with Gasteiger partial charge in [-0.3, -0.25) is 4.79 Å². The average molecular weight is 303 g/mol. The molecule has 5 nitrogen and oxygen atoms in total. The minimum atomic E-state index is -0.947. The number of ether oxygens (including phenoxy) is 1. The monoisotopic (exact) mass is 303 g/mol. The number of thiophene rings is 1. The Kier molecular flexibility index (Phi) is 3.62. The molecule has 1 amide bonds. The van der Waals surface area contributed by atoms with Crippen molar-refractivity contribution in [2.45, 2.75) is 13.0 Å². The molecule has 0 spiro atoms. The summed E-state index contributed by atoms with van der Waals surface area (Å²) in [5.74, 6) is -0.291. The van der Waals surface area contributed by atoms with Crippen molar-refractivity contribution < 1.29 is 19.4 Å².